The molecular formula is C40H77N9O17Si9. The smallest absolute Gasteiger partial charge is 0.491 e. The molecular weight excluding hydrogens is 1130 g/mol. The number of unbranched alkanes of at least 4 members (excludes halogenated alkanes) is 7. The summed E-state index contributed by atoms with van der Waals surface area (Å²) < 4.78 is 100. The average Bonchev–Trinajstić information content (AvgIpc) is 3.31. The minimum absolute atomic E-state index is 0.0220. The molecule has 6 unspecified atom stereocenters. The maximum atomic E-state index is 12.7. The van der Waals surface area contributed by atoms with Gasteiger partial charge in [0.15, 0.2) is 9.76 Å². The van der Waals surface area contributed by atoms with Crippen LogP contribution in [0, 0.1) is 0 Å². The maximum Gasteiger partial charge on any atom is 0.642 e. The summed E-state index contributed by atoms with van der Waals surface area (Å²) in [5.41, 5.74) is 1.23. The molecule has 6 rings (SSSR count). The Hall–Kier alpha value is -2.76. The topological polar surface area (TPSA) is 280 Å². The summed E-state index contributed by atoms with van der Waals surface area (Å²) in [4.78, 5) is 12.7. The van der Waals surface area contributed by atoms with Gasteiger partial charge in [0, 0.05) is 18.8 Å². The van der Waals surface area contributed by atoms with Gasteiger partial charge >= 0.3 is 88.8 Å². The van der Waals surface area contributed by atoms with E-state index in [1.165, 1.54) is 38.5 Å². The van der Waals surface area contributed by atoms with Crippen LogP contribution in [0.1, 0.15) is 63.9 Å². The molecule has 1 amide bonds. The van der Waals surface area contributed by atoms with Gasteiger partial charge in [-0.3, -0.25) is 0 Å². The number of nitrogens with one attached hydrogen (secondary N) is 1. The zero-order valence-corrected chi connectivity index (χ0v) is 54.8. The Labute approximate surface area is 452 Å². The minimum atomic E-state index is -3.94. The second kappa shape index (κ2) is 29.5. The summed E-state index contributed by atoms with van der Waals surface area (Å²) in [6.07, 6.45) is 9.09. The minimum Gasteiger partial charge on any atom is -0.491 e. The first-order valence-corrected chi connectivity index (χ1v) is 46.1. The zero-order valence-electron chi connectivity index (χ0n) is 45.1. The summed E-state index contributed by atoms with van der Waals surface area (Å²) in [6, 6.07) is 7.89. The molecule has 1 aromatic carbocycles. The van der Waals surface area contributed by atoms with Crippen molar-refractivity contribution in [3.8, 4) is 29.4 Å². The van der Waals surface area contributed by atoms with E-state index in [9.17, 15) is 4.79 Å². The first-order valence-electron chi connectivity index (χ1n) is 25.8. The Kier molecular flexibility index (Phi) is 24.1. The van der Waals surface area contributed by atoms with E-state index in [0.29, 0.717) is 57.0 Å². The van der Waals surface area contributed by atoms with Crippen LogP contribution in [0.4, 0.5) is 4.79 Å². The van der Waals surface area contributed by atoms with Gasteiger partial charge in [0.05, 0.1) is 33.0 Å². The molecule has 0 saturated carbocycles. The molecule has 3 saturated heterocycles. The highest BCUT2D eigenvalue weighted by atomic mass is 28.6. The summed E-state index contributed by atoms with van der Waals surface area (Å²) in [5, 5.41) is 34.3. The molecule has 420 valence electrons. The third-order valence-electron chi connectivity index (χ3n) is 11.0. The third kappa shape index (κ3) is 21.8. The van der Waals surface area contributed by atoms with Crippen molar-refractivity contribution in [2.24, 2.45) is 0 Å². The molecule has 4 bridgehead atoms. The van der Waals surface area contributed by atoms with E-state index in [2.05, 4.69) is 53.0 Å². The van der Waals surface area contributed by atoms with Crippen LogP contribution in [0.3, 0.4) is 0 Å². The molecule has 0 aliphatic carbocycles. The van der Waals surface area contributed by atoms with Gasteiger partial charge in [0.1, 0.15) is 25.6 Å². The van der Waals surface area contributed by atoms with Crippen molar-refractivity contribution in [2.75, 3.05) is 52.8 Å². The maximum absolute atomic E-state index is 12.7. The molecule has 5 heterocycles. The monoisotopic (exact) mass is 1210 g/mol. The first-order chi connectivity index (χ1) is 35.8. The normalized spacial score (nSPS) is 26.5. The van der Waals surface area contributed by atoms with Gasteiger partial charge in [-0.05, 0) is 82.5 Å². The van der Waals surface area contributed by atoms with Gasteiger partial charge in [-0.1, -0.05) is 84.4 Å². The largest absolute Gasteiger partial charge is 0.642 e. The quantitative estimate of drug-likeness (QED) is 0.0751. The lowest BCUT2D eigenvalue weighted by Gasteiger charge is -2.53. The van der Waals surface area contributed by atoms with Gasteiger partial charge < -0.3 is 74.9 Å². The number of carbonyl (C=O) groups excluding carboxylic acids is 1. The van der Waals surface area contributed by atoms with Crippen LogP contribution in [0.5, 0.6) is 17.8 Å². The van der Waals surface area contributed by atoms with Crippen LogP contribution in [0.15, 0.2) is 24.3 Å². The number of aromatic nitrogens is 8. The lowest BCUT2D eigenvalue weighted by Crippen LogP contribution is -2.76. The second-order valence-corrected chi connectivity index (χ2v) is 46.0. The molecule has 2 aromatic heterocycles. The molecule has 75 heavy (non-hydrogen) atoms. The molecule has 3 fully saturated rings. The predicted molar refractivity (Wildman–Crippen MR) is 290 cm³/mol. The predicted octanol–water partition coefficient (Wildman–Crippen LogP) is 4.25. The summed E-state index contributed by atoms with van der Waals surface area (Å²) in [6.45, 7) is 22.7. The molecule has 1 N–H and O–H groups in total. The number of amides is 1. The average molecular weight is 1210 g/mol. The van der Waals surface area contributed by atoms with E-state index in [1.807, 2.05) is 71.1 Å². The lowest BCUT2D eigenvalue weighted by molar-refractivity contribution is 0.0262. The number of alkyl carbamates (subject to hydrolysis) is 1. The van der Waals surface area contributed by atoms with Gasteiger partial charge in [-0.2, -0.15) is 0 Å². The fourth-order valence-corrected chi connectivity index (χ4v) is 54.3. The summed E-state index contributed by atoms with van der Waals surface area (Å²) in [5.74, 6) is 0.775. The van der Waals surface area contributed by atoms with Gasteiger partial charge in [-0.25, -0.2) is 4.79 Å². The Morgan fingerprint density at radius 3 is 1.72 bits per heavy atom. The van der Waals surface area contributed by atoms with Gasteiger partial charge in [-0.15, -0.1) is 20.4 Å². The van der Waals surface area contributed by atoms with Crippen LogP contribution < -0.4 is 19.5 Å². The highest BCUT2D eigenvalue weighted by Gasteiger charge is 2.68. The number of carbonyl (C=O) groups is 1. The molecule has 3 aliphatic heterocycles. The fraction of sp³-hybridized carbons (Fsp3) is 0.725. The van der Waals surface area contributed by atoms with E-state index in [1.54, 1.807) is 12.1 Å². The van der Waals surface area contributed by atoms with E-state index < -0.39 is 86.5 Å². The molecule has 0 radical (unpaired) electrons. The van der Waals surface area contributed by atoms with Crippen molar-refractivity contribution in [2.45, 2.75) is 136 Å². The van der Waals surface area contributed by atoms with Crippen LogP contribution in [0.25, 0.3) is 11.6 Å². The van der Waals surface area contributed by atoms with Gasteiger partial charge in [0.25, 0.3) is 0 Å². The fourth-order valence-electron chi connectivity index (χ4n) is 8.53. The van der Waals surface area contributed by atoms with Crippen molar-refractivity contribution < 1.29 is 74.4 Å². The molecule has 26 nitrogen and oxygen atoms in total. The molecule has 35 heteroatoms. The van der Waals surface area contributed by atoms with E-state index >= 15 is 0 Å². The Morgan fingerprint density at radius 1 is 0.600 bits per heavy atom. The van der Waals surface area contributed by atoms with Crippen LogP contribution in [0.2, 0.25) is 70.6 Å². The molecule has 3 aliphatic rings. The number of nitrogens with zero attached hydrogens (tertiary/aromatic N) is 8. The number of rotatable bonds is 29. The lowest BCUT2D eigenvalue weighted by atomic mass is 10.1. The summed E-state index contributed by atoms with van der Waals surface area (Å²) in [7, 11) is -24.8. The van der Waals surface area contributed by atoms with E-state index in [4.69, 9.17) is 69.6 Å². The van der Waals surface area contributed by atoms with Gasteiger partial charge in [0.2, 0.25) is 11.6 Å². The van der Waals surface area contributed by atoms with Crippen molar-refractivity contribution in [1.29, 1.82) is 0 Å². The third-order valence-corrected chi connectivity index (χ3v) is 47.6. The van der Waals surface area contributed by atoms with E-state index in [0.717, 1.165) is 18.4 Å². The van der Waals surface area contributed by atoms with Crippen LogP contribution in [-0.4, -0.2) is 180 Å². The Bertz CT molecular complexity index is 2180. The first kappa shape index (κ1) is 61.5. The highest BCUT2D eigenvalue weighted by Crippen LogP contribution is 2.41. The molecule has 0 spiro atoms. The Balaban J connectivity index is 0.802. The number of hydrogen-bond donors (Lipinski definition) is 1. The van der Waals surface area contributed by atoms with Crippen molar-refractivity contribution in [1.82, 2.24) is 46.1 Å². The number of hydrogen-bond acceptors (Lipinski definition) is 25. The number of ether oxygens (including phenoxy) is 6. The standard InChI is InChI=1S/C40H77N9O17Si9/c1-11-12-13-14-15-16-17-18-24-54-38-46-42-36(43-47-38)37-44-48-39(49-45-37)55-30-28-52-26-25-51-27-29-53-35-21-19-34(20-22-35)32-56-40(50)41-23-31-67-57-75-61-69(3)59-71(6,7)63-73(9,65-75)33-72(8)62-70(4,5)58-68(2)60-74(10,64-72)66-75/h19-22,68-69H,11-18,23-33,67H2,1-10H3,(H,41,50). The van der Waals surface area contributed by atoms with Crippen LogP contribution in [-0.2, 0) is 62.0 Å². The number of fused-ring (bicyclic) bond motifs is 4. The highest BCUT2D eigenvalue weighted by molar-refractivity contribution is 7.00. The van der Waals surface area contributed by atoms with Crippen molar-refractivity contribution >= 4 is 86.5 Å². The van der Waals surface area contributed by atoms with Crippen molar-refractivity contribution in [3.05, 3.63) is 29.8 Å². The van der Waals surface area contributed by atoms with Crippen molar-refractivity contribution in [3.63, 3.8) is 0 Å². The van der Waals surface area contributed by atoms with E-state index in [-0.39, 0.29) is 43.5 Å². The van der Waals surface area contributed by atoms with Crippen LogP contribution >= 0.6 is 0 Å². The SMILES string of the molecule is CCCCCCCCCCOc1nnc(-c2nnc(OCCOCCOCCOc3ccc(COC(=O)NCC[SiH2]O[Si]45O[SiH](C)O[Si](C)(C)O[Si](C)(C[Si]6(C)O[Si](C)(C)O[SiH](C)O[Si](C)(O6)O4)O5)cc3)nn2)nn1. The second-order valence-electron chi connectivity index (χ2n) is 19.3. The summed E-state index contributed by atoms with van der Waals surface area (Å²) >= 11 is 0. The molecule has 3 aromatic rings. The Morgan fingerprint density at radius 2 is 1.12 bits per heavy atom. The molecule has 6 atom stereocenters. The zero-order chi connectivity index (χ0) is 53.8. The number of benzene rings is 1.